The number of nitrogens with one attached hydrogen (secondary N) is 1. The minimum absolute atomic E-state index is 0.101. The number of ether oxygens (including phenoxy) is 1. The summed E-state index contributed by atoms with van der Waals surface area (Å²) in [4.78, 5) is 22.7. The summed E-state index contributed by atoms with van der Waals surface area (Å²) in [5.41, 5.74) is -1.35. The van der Waals surface area contributed by atoms with Crippen LogP contribution in [0.2, 0.25) is 0 Å². The second-order valence-corrected chi connectivity index (χ2v) is 6.22. The summed E-state index contributed by atoms with van der Waals surface area (Å²) in [6.07, 6.45) is 2.92. The first-order valence-electron chi connectivity index (χ1n) is 6.81. The molecule has 0 saturated heterocycles. The Bertz CT molecular complexity index is 309. The molecule has 112 valence electrons. The Morgan fingerprint density at radius 3 is 2.16 bits per heavy atom. The predicted molar refractivity (Wildman–Crippen MR) is 74.2 cm³/mol. The van der Waals surface area contributed by atoms with Crippen molar-refractivity contribution < 1.29 is 19.4 Å². The first-order valence-corrected chi connectivity index (χ1v) is 6.81. The minimum atomic E-state index is -0.921. The highest BCUT2D eigenvalue weighted by molar-refractivity contribution is 5.72. The van der Waals surface area contributed by atoms with Gasteiger partial charge in [-0.2, -0.15) is 0 Å². The predicted octanol–water partition coefficient (Wildman–Crippen LogP) is 3.32. The van der Waals surface area contributed by atoms with Crippen molar-refractivity contribution in [3.8, 4) is 0 Å². The molecule has 5 heteroatoms. The lowest BCUT2D eigenvalue weighted by atomic mass is 9.91. The maximum atomic E-state index is 11.8. The Labute approximate surface area is 115 Å². The highest BCUT2D eigenvalue weighted by Gasteiger charge is 2.30. The zero-order valence-corrected chi connectivity index (χ0v) is 12.7. The van der Waals surface area contributed by atoms with Crippen LogP contribution < -0.4 is 5.32 Å². The van der Waals surface area contributed by atoms with Crippen molar-refractivity contribution in [2.24, 2.45) is 0 Å². The topological polar surface area (TPSA) is 75.6 Å². The van der Waals surface area contributed by atoms with Gasteiger partial charge in [-0.05, 0) is 34.1 Å². The van der Waals surface area contributed by atoms with Gasteiger partial charge in [0.25, 0.3) is 0 Å². The second kappa shape index (κ2) is 7.36. The van der Waals surface area contributed by atoms with Gasteiger partial charge in [0, 0.05) is 0 Å². The van der Waals surface area contributed by atoms with Gasteiger partial charge in [0.1, 0.15) is 5.60 Å². The smallest absolute Gasteiger partial charge is 0.408 e. The van der Waals surface area contributed by atoms with E-state index in [-0.39, 0.29) is 6.42 Å². The average Bonchev–Trinajstić information content (AvgIpc) is 2.12. The third-order valence-electron chi connectivity index (χ3n) is 2.68. The van der Waals surface area contributed by atoms with E-state index in [4.69, 9.17) is 9.84 Å². The number of aliphatic carboxylic acids is 1. The monoisotopic (exact) mass is 273 g/mol. The van der Waals surface area contributed by atoms with Crippen molar-refractivity contribution in [2.45, 2.75) is 77.9 Å². The van der Waals surface area contributed by atoms with Crippen molar-refractivity contribution in [2.75, 3.05) is 0 Å². The molecule has 0 bridgehead atoms. The van der Waals surface area contributed by atoms with E-state index in [9.17, 15) is 9.59 Å². The molecule has 0 aromatic rings. The van der Waals surface area contributed by atoms with E-state index in [1.807, 2.05) is 0 Å². The summed E-state index contributed by atoms with van der Waals surface area (Å²) < 4.78 is 5.18. The minimum Gasteiger partial charge on any atom is -0.481 e. The Morgan fingerprint density at radius 1 is 1.16 bits per heavy atom. The van der Waals surface area contributed by atoms with Crippen LogP contribution in [0.1, 0.15) is 66.7 Å². The molecule has 0 aliphatic carbocycles. The number of hydrogen-bond donors (Lipinski definition) is 2. The lowest BCUT2D eigenvalue weighted by molar-refractivity contribution is -0.138. The Hall–Kier alpha value is -1.26. The van der Waals surface area contributed by atoms with E-state index in [0.717, 1.165) is 19.3 Å². The normalized spacial score (nSPS) is 14.6. The summed E-state index contributed by atoms with van der Waals surface area (Å²) in [6, 6.07) is 0. The van der Waals surface area contributed by atoms with Crippen LogP contribution in [0, 0.1) is 0 Å². The van der Waals surface area contributed by atoms with Crippen LogP contribution in [-0.2, 0) is 9.53 Å². The number of rotatable bonds is 7. The van der Waals surface area contributed by atoms with Gasteiger partial charge in [-0.3, -0.25) is 4.79 Å². The molecule has 2 N–H and O–H groups in total. The zero-order chi connectivity index (χ0) is 15.1. The van der Waals surface area contributed by atoms with Crippen molar-refractivity contribution in [1.29, 1.82) is 0 Å². The fraction of sp³-hybridized carbons (Fsp3) is 0.857. The van der Waals surface area contributed by atoms with E-state index >= 15 is 0 Å². The molecular formula is C14H27NO4. The zero-order valence-electron chi connectivity index (χ0n) is 12.7. The van der Waals surface area contributed by atoms with Gasteiger partial charge >= 0.3 is 12.1 Å². The molecule has 0 aliphatic rings. The SMILES string of the molecule is CCCCCC(C)(CC(=O)O)NC(=O)OC(C)(C)C. The first-order chi connectivity index (χ1) is 8.58. The number of carboxylic acid groups (broad SMARTS) is 1. The van der Waals surface area contributed by atoms with Crippen molar-refractivity contribution in [3.05, 3.63) is 0 Å². The Kier molecular flexibility index (Phi) is 6.87. The Balaban J connectivity index is 4.56. The van der Waals surface area contributed by atoms with E-state index < -0.39 is 23.2 Å². The second-order valence-electron chi connectivity index (χ2n) is 6.22. The molecule has 0 rings (SSSR count). The highest BCUT2D eigenvalue weighted by Crippen LogP contribution is 2.20. The van der Waals surface area contributed by atoms with Gasteiger partial charge in [0.05, 0.1) is 12.0 Å². The third kappa shape index (κ3) is 9.33. The summed E-state index contributed by atoms with van der Waals surface area (Å²) >= 11 is 0. The first kappa shape index (κ1) is 17.7. The largest absolute Gasteiger partial charge is 0.481 e. The van der Waals surface area contributed by atoms with Gasteiger partial charge in [-0.1, -0.05) is 26.2 Å². The van der Waals surface area contributed by atoms with Crippen LogP contribution in [0.15, 0.2) is 0 Å². The summed E-state index contributed by atoms with van der Waals surface area (Å²) in [6.45, 7) is 9.16. The maximum absolute atomic E-state index is 11.8. The molecule has 0 aromatic heterocycles. The van der Waals surface area contributed by atoms with E-state index in [1.165, 1.54) is 0 Å². The lowest BCUT2D eigenvalue weighted by Gasteiger charge is -2.31. The van der Waals surface area contributed by atoms with Gasteiger partial charge in [-0.15, -0.1) is 0 Å². The van der Waals surface area contributed by atoms with Gasteiger partial charge in [0.2, 0.25) is 0 Å². The molecule has 0 aromatic carbocycles. The Morgan fingerprint density at radius 2 is 1.74 bits per heavy atom. The van der Waals surface area contributed by atoms with E-state index in [2.05, 4.69) is 12.2 Å². The van der Waals surface area contributed by atoms with Crippen LogP contribution in [0.3, 0.4) is 0 Å². The number of alkyl carbamates (subject to hydrolysis) is 1. The molecular weight excluding hydrogens is 246 g/mol. The molecule has 1 unspecified atom stereocenters. The number of amides is 1. The number of unbranched alkanes of at least 4 members (excludes halogenated alkanes) is 2. The van der Waals surface area contributed by atoms with Crippen molar-refractivity contribution in [3.63, 3.8) is 0 Å². The average molecular weight is 273 g/mol. The van der Waals surface area contributed by atoms with Gasteiger partial charge in [-0.25, -0.2) is 4.79 Å². The van der Waals surface area contributed by atoms with Crippen LogP contribution in [0.25, 0.3) is 0 Å². The van der Waals surface area contributed by atoms with Crippen LogP contribution in [0.5, 0.6) is 0 Å². The molecule has 0 radical (unpaired) electrons. The van der Waals surface area contributed by atoms with Crippen molar-refractivity contribution >= 4 is 12.1 Å². The summed E-state index contributed by atoms with van der Waals surface area (Å²) in [7, 11) is 0. The number of carbonyl (C=O) groups excluding carboxylic acids is 1. The fourth-order valence-corrected chi connectivity index (χ4v) is 1.84. The van der Waals surface area contributed by atoms with Crippen LogP contribution in [0.4, 0.5) is 4.79 Å². The van der Waals surface area contributed by atoms with Crippen molar-refractivity contribution in [1.82, 2.24) is 5.32 Å². The molecule has 19 heavy (non-hydrogen) atoms. The lowest BCUT2D eigenvalue weighted by Crippen LogP contribution is -2.49. The third-order valence-corrected chi connectivity index (χ3v) is 2.68. The number of hydrogen-bond acceptors (Lipinski definition) is 3. The molecule has 0 heterocycles. The molecule has 0 aliphatic heterocycles. The quantitative estimate of drug-likeness (QED) is 0.698. The molecule has 0 saturated carbocycles. The summed E-state index contributed by atoms with van der Waals surface area (Å²) in [5.74, 6) is -0.921. The molecule has 0 spiro atoms. The standard InChI is InChI=1S/C14H27NO4/c1-6-7-8-9-14(5,10-11(16)17)15-12(18)19-13(2,3)4/h6-10H2,1-5H3,(H,15,18)(H,16,17). The van der Waals surface area contributed by atoms with Gasteiger partial charge < -0.3 is 15.2 Å². The van der Waals surface area contributed by atoms with Crippen LogP contribution in [-0.4, -0.2) is 28.3 Å². The maximum Gasteiger partial charge on any atom is 0.408 e. The molecule has 1 atom stereocenters. The van der Waals surface area contributed by atoms with E-state index in [1.54, 1.807) is 27.7 Å². The molecule has 5 nitrogen and oxygen atoms in total. The number of carbonyl (C=O) groups is 2. The summed E-state index contributed by atoms with van der Waals surface area (Å²) in [5, 5.41) is 11.7. The fourth-order valence-electron chi connectivity index (χ4n) is 1.84. The van der Waals surface area contributed by atoms with E-state index in [0.29, 0.717) is 6.42 Å². The molecule has 0 fully saturated rings. The molecule has 1 amide bonds. The van der Waals surface area contributed by atoms with Gasteiger partial charge in [0.15, 0.2) is 0 Å². The highest BCUT2D eigenvalue weighted by atomic mass is 16.6. The van der Waals surface area contributed by atoms with Crippen LogP contribution >= 0.6 is 0 Å². The number of carboxylic acids is 1.